The van der Waals surface area contributed by atoms with E-state index in [0.29, 0.717) is 12.0 Å². The molecule has 1 aliphatic rings. The molecule has 144 valence electrons. The minimum atomic E-state index is 0. The van der Waals surface area contributed by atoms with Crippen LogP contribution in [0.5, 0.6) is 0 Å². The van der Waals surface area contributed by atoms with Gasteiger partial charge in [-0.05, 0) is 65.1 Å². The minimum Gasteiger partial charge on any atom is -0.378 e. The van der Waals surface area contributed by atoms with E-state index in [1.54, 1.807) is 0 Å². The third-order valence-corrected chi connectivity index (χ3v) is 4.54. The van der Waals surface area contributed by atoms with Gasteiger partial charge in [0.05, 0.1) is 6.10 Å². The van der Waals surface area contributed by atoms with Crippen molar-refractivity contribution in [1.82, 2.24) is 15.5 Å². The molecule has 0 aliphatic carbocycles. The van der Waals surface area contributed by atoms with Crippen molar-refractivity contribution in [3.05, 3.63) is 0 Å². The Morgan fingerprint density at radius 3 is 2.42 bits per heavy atom. The molecule has 2 N–H and O–H groups in total. The average molecular weight is 454 g/mol. The molecule has 1 aliphatic heterocycles. The van der Waals surface area contributed by atoms with Gasteiger partial charge in [-0.25, -0.2) is 0 Å². The third-order valence-electron chi connectivity index (χ3n) is 4.54. The van der Waals surface area contributed by atoms with Crippen molar-refractivity contribution >= 4 is 29.9 Å². The molecule has 1 heterocycles. The number of guanidine groups is 1. The highest BCUT2D eigenvalue weighted by molar-refractivity contribution is 14.0. The van der Waals surface area contributed by atoms with Gasteiger partial charge in [-0.15, -0.1) is 24.0 Å². The van der Waals surface area contributed by atoms with Crippen LogP contribution < -0.4 is 10.6 Å². The first kappa shape index (κ1) is 23.9. The first-order valence-electron chi connectivity index (χ1n) is 9.39. The summed E-state index contributed by atoms with van der Waals surface area (Å²) in [7, 11) is 2.20. The SMILES string of the molecule is CCNC(=NCC1CCN(C)CC1)NCCC(OCC)C(C)C.I. The summed E-state index contributed by atoms with van der Waals surface area (Å²) in [5.41, 5.74) is 0. The monoisotopic (exact) mass is 454 g/mol. The van der Waals surface area contributed by atoms with Gasteiger partial charge in [-0.2, -0.15) is 0 Å². The lowest BCUT2D eigenvalue weighted by atomic mass is 9.97. The fourth-order valence-electron chi connectivity index (χ4n) is 2.96. The lowest BCUT2D eigenvalue weighted by Crippen LogP contribution is -2.40. The molecular weight excluding hydrogens is 415 g/mol. The molecule has 1 fully saturated rings. The van der Waals surface area contributed by atoms with E-state index in [4.69, 9.17) is 9.73 Å². The van der Waals surface area contributed by atoms with Crippen molar-refractivity contribution in [1.29, 1.82) is 0 Å². The summed E-state index contributed by atoms with van der Waals surface area (Å²) in [6, 6.07) is 0. The highest BCUT2D eigenvalue weighted by Crippen LogP contribution is 2.16. The van der Waals surface area contributed by atoms with Gasteiger partial charge in [-0.1, -0.05) is 13.8 Å². The number of ether oxygens (including phenoxy) is 1. The molecule has 1 atom stereocenters. The second-order valence-electron chi connectivity index (χ2n) is 6.92. The van der Waals surface area contributed by atoms with Crippen molar-refractivity contribution in [2.75, 3.05) is 46.4 Å². The van der Waals surface area contributed by atoms with Crippen molar-refractivity contribution in [2.45, 2.75) is 53.1 Å². The summed E-state index contributed by atoms with van der Waals surface area (Å²) >= 11 is 0. The van der Waals surface area contributed by atoms with Crippen LogP contribution >= 0.6 is 24.0 Å². The van der Waals surface area contributed by atoms with Crippen molar-refractivity contribution in [3.8, 4) is 0 Å². The Morgan fingerprint density at radius 1 is 1.21 bits per heavy atom. The van der Waals surface area contributed by atoms with Crippen molar-refractivity contribution < 1.29 is 4.74 Å². The van der Waals surface area contributed by atoms with Gasteiger partial charge in [0.1, 0.15) is 0 Å². The summed E-state index contributed by atoms with van der Waals surface area (Å²) in [4.78, 5) is 7.19. The number of hydrogen-bond donors (Lipinski definition) is 2. The number of hydrogen-bond acceptors (Lipinski definition) is 3. The van der Waals surface area contributed by atoms with Crippen LogP contribution in [0.3, 0.4) is 0 Å². The summed E-state index contributed by atoms with van der Waals surface area (Å²) in [5.74, 6) is 2.23. The zero-order valence-corrected chi connectivity index (χ0v) is 18.6. The van der Waals surface area contributed by atoms with Crippen molar-refractivity contribution in [3.63, 3.8) is 0 Å². The van der Waals surface area contributed by atoms with Crippen molar-refractivity contribution in [2.24, 2.45) is 16.8 Å². The number of nitrogens with one attached hydrogen (secondary N) is 2. The van der Waals surface area contributed by atoms with Crippen LogP contribution in [-0.2, 0) is 4.74 Å². The van der Waals surface area contributed by atoms with Crippen LogP contribution in [0.4, 0.5) is 0 Å². The van der Waals surface area contributed by atoms with Crippen LogP contribution in [0.15, 0.2) is 4.99 Å². The van der Waals surface area contributed by atoms with Crippen LogP contribution in [0.2, 0.25) is 0 Å². The lowest BCUT2D eigenvalue weighted by Gasteiger charge is -2.28. The van der Waals surface area contributed by atoms with Crippen LogP contribution in [-0.4, -0.2) is 63.3 Å². The largest absolute Gasteiger partial charge is 0.378 e. The quantitative estimate of drug-likeness (QED) is 0.320. The van der Waals surface area contributed by atoms with Gasteiger partial charge in [0, 0.05) is 26.2 Å². The maximum absolute atomic E-state index is 5.81. The molecule has 24 heavy (non-hydrogen) atoms. The first-order valence-corrected chi connectivity index (χ1v) is 9.39. The number of aliphatic imine (C=N–C) groups is 1. The predicted octanol–water partition coefficient (Wildman–Crippen LogP) is 2.95. The maximum Gasteiger partial charge on any atom is 0.191 e. The molecule has 0 aromatic carbocycles. The maximum atomic E-state index is 5.81. The van der Waals surface area contributed by atoms with Crippen LogP contribution in [0.25, 0.3) is 0 Å². The van der Waals surface area contributed by atoms with E-state index in [-0.39, 0.29) is 24.0 Å². The van der Waals surface area contributed by atoms with Gasteiger partial charge in [0.25, 0.3) is 0 Å². The van der Waals surface area contributed by atoms with E-state index in [1.165, 1.54) is 25.9 Å². The lowest BCUT2D eigenvalue weighted by molar-refractivity contribution is 0.0258. The van der Waals surface area contributed by atoms with Crippen LogP contribution in [0, 0.1) is 11.8 Å². The smallest absolute Gasteiger partial charge is 0.191 e. The molecule has 1 saturated heterocycles. The highest BCUT2D eigenvalue weighted by Gasteiger charge is 2.16. The summed E-state index contributed by atoms with van der Waals surface area (Å²) < 4.78 is 5.81. The molecule has 1 unspecified atom stereocenters. The topological polar surface area (TPSA) is 48.9 Å². The Morgan fingerprint density at radius 2 is 1.88 bits per heavy atom. The molecule has 0 bridgehead atoms. The molecule has 0 spiro atoms. The van der Waals surface area contributed by atoms with E-state index < -0.39 is 0 Å². The standard InChI is InChI=1S/C18H38N4O.HI/c1-6-19-18(20-11-8-17(15(3)4)23-7-2)21-14-16-9-12-22(5)13-10-16;/h15-17H,6-14H2,1-5H3,(H2,19,20,21);1H. The number of piperidine rings is 1. The third kappa shape index (κ3) is 10.0. The Hall–Kier alpha value is -0.0800. The van der Waals surface area contributed by atoms with E-state index in [0.717, 1.165) is 44.5 Å². The number of nitrogens with zero attached hydrogens (tertiary/aromatic N) is 2. The minimum absolute atomic E-state index is 0. The van der Waals surface area contributed by atoms with Crippen LogP contribution in [0.1, 0.15) is 47.0 Å². The van der Waals surface area contributed by atoms with Gasteiger partial charge in [-0.3, -0.25) is 4.99 Å². The zero-order valence-electron chi connectivity index (χ0n) is 16.3. The fraction of sp³-hybridized carbons (Fsp3) is 0.944. The zero-order chi connectivity index (χ0) is 17.1. The molecule has 0 radical (unpaired) electrons. The van der Waals surface area contributed by atoms with E-state index in [9.17, 15) is 0 Å². The number of rotatable bonds is 9. The first-order chi connectivity index (χ1) is 11.1. The Balaban J connectivity index is 0.00000529. The summed E-state index contributed by atoms with van der Waals surface area (Å²) in [5, 5.41) is 6.81. The molecule has 0 saturated carbocycles. The molecule has 0 aromatic heterocycles. The fourth-order valence-corrected chi connectivity index (χ4v) is 2.96. The summed E-state index contributed by atoms with van der Waals surface area (Å²) in [6.45, 7) is 14.6. The average Bonchev–Trinajstić information content (AvgIpc) is 2.53. The second kappa shape index (κ2) is 14.1. The van der Waals surface area contributed by atoms with E-state index in [1.807, 2.05) is 0 Å². The molecule has 1 rings (SSSR count). The van der Waals surface area contributed by atoms with E-state index >= 15 is 0 Å². The Bertz CT molecular complexity index is 331. The molecule has 5 nitrogen and oxygen atoms in total. The number of halogens is 1. The molecule has 0 amide bonds. The Kier molecular flexibility index (Phi) is 14.1. The second-order valence-corrected chi connectivity index (χ2v) is 6.92. The van der Waals surface area contributed by atoms with E-state index in [2.05, 4.69) is 50.3 Å². The van der Waals surface area contributed by atoms with Gasteiger partial charge < -0.3 is 20.3 Å². The molecule has 6 heteroatoms. The summed E-state index contributed by atoms with van der Waals surface area (Å²) in [6.07, 6.45) is 3.87. The molecular formula is C18H39IN4O. The van der Waals surface area contributed by atoms with Gasteiger partial charge in [0.15, 0.2) is 5.96 Å². The normalized spacial score (nSPS) is 18.3. The van der Waals surface area contributed by atoms with Gasteiger partial charge in [0.2, 0.25) is 0 Å². The predicted molar refractivity (Wildman–Crippen MR) is 114 cm³/mol. The molecule has 0 aromatic rings. The Labute approximate surface area is 166 Å². The number of likely N-dealkylation sites (tertiary alicyclic amines) is 1. The van der Waals surface area contributed by atoms with Gasteiger partial charge >= 0.3 is 0 Å². The highest BCUT2D eigenvalue weighted by atomic mass is 127.